The van der Waals surface area contributed by atoms with Crippen molar-refractivity contribution < 1.29 is 4.74 Å². The molecule has 2 fully saturated rings. The number of piperazine rings is 1. The molecule has 0 spiro atoms. The first-order chi connectivity index (χ1) is 4.97. The Hall–Kier alpha value is -0.120. The minimum atomic E-state index is 0. The molecule has 0 radical (unpaired) electrons. The average Bonchev–Trinajstić information content (AvgIpc) is 1.86. The molecule has 2 aliphatic rings. The molecule has 0 atom stereocenters. The quantitative estimate of drug-likeness (QED) is 0.578. The first-order valence-electron chi connectivity index (χ1n) is 3.99. The molecule has 66 valence electrons. The molecule has 11 heavy (non-hydrogen) atoms. The van der Waals surface area contributed by atoms with Gasteiger partial charge in [-0.2, -0.15) is 0 Å². The smallest absolute Gasteiger partial charge is 0.0645 e. The maximum absolute atomic E-state index is 5.13. The Morgan fingerprint density at radius 2 is 1.82 bits per heavy atom. The number of nitrogens with one attached hydrogen (secondary N) is 1. The van der Waals surface area contributed by atoms with Gasteiger partial charge in [0.25, 0.3) is 0 Å². The third-order valence-corrected chi connectivity index (χ3v) is 2.29. The van der Waals surface area contributed by atoms with Crippen molar-refractivity contribution in [3.63, 3.8) is 0 Å². The van der Waals surface area contributed by atoms with E-state index in [1.165, 1.54) is 13.1 Å². The predicted molar refractivity (Wildman–Crippen MR) is 45.8 cm³/mol. The standard InChI is InChI=1S/C7H14N2O.CH4/c1-3-9(4-2-8-1)7-5-10-6-7;/h7-8H,1-6H2;1H4. The van der Waals surface area contributed by atoms with Gasteiger partial charge >= 0.3 is 0 Å². The van der Waals surface area contributed by atoms with Crippen LogP contribution in [0, 0.1) is 0 Å². The molecule has 1 N–H and O–H groups in total. The Morgan fingerprint density at radius 3 is 2.27 bits per heavy atom. The molecule has 2 saturated heterocycles. The van der Waals surface area contributed by atoms with E-state index in [1.807, 2.05) is 0 Å². The van der Waals surface area contributed by atoms with Gasteiger partial charge in [0.2, 0.25) is 0 Å². The van der Waals surface area contributed by atoms with Gasteiger partial charge < -0.3 is 10.1 Å². The summed E-state index contributed by atoms with van der Waals surface area (Å²) in [5.41, 5.74) is 0. The van der Waals surface area contributed by atoms with E-state index >= 15 is 0 Å². The van der Waals surface area contributed by atoms with Gasteiger partial charge in [-0.05, 0) is 0 Å². The van der Waals surface area contributed by atoms with Crippen LogP contribution in [0.3, 0.4) is 0 Å². The summed E-state index contributed by atoms with van der Waals surface area (Å²) in [6.45, 7) is 6.62. The van der Waals surface area contributed by atoms with E-state index in [4.69, 9.17) is 4.74 Å². The number of rotatable bonds is 1. The Morgan fingerprint density at radius 1 is 1.18 bits per heavy atom. The molecule has 0 aromatic rings. The Kier molecular flexibility index (Phi) is 3.30. The zero-order valence-electron chi connectivity index (χ0n) is 6.18. The van der Waals surface area contributed by atoms with Gasteiger partial charge in [0.1, 0.15) is 0 Å². The highest BCUT2D eigenvalue weighted by Crippen LogP contribution is 2.09. The molecule has 0 bridgehead atoms. The third kappa shape index (κ3) is 1.92. The van der Waals surface area contributed by atoms with Crippen molar-refractivity contribution >= 4 is 0 Å². The second-order valence-electron chi connectivity index (χ2n) is 2.98. The SMILES string of the molecule is C.C1CN(C2COC2)CCN1. The molecule has 0 saturated carbocycles. The molecular weight excluding hydrogens is 140 g/mol. The van der Waals surface area contributed by atoms with Gasteiger partial charge in [0.05, 0.1) is 19.3 Å². The van der Waals surface area contributed by atoms with Crippen LogP contribution in [0.5, 0.6) is 0 Å². The van der Waals surface area contributed by atoms with E-state index < -0.39 is 0 Å². The molecule has 0 amide bonds. The van der Waals surface area contributed by atoms with Crippen molar-refractivity contribution in [3.05, 3.63) is 0 Å². The molecule has 3 nitrogen and oxygen atoms in total. The van der Waals surface area contributed by atoms with Gasteiger partial charge in [0.15, 0.2) is 0 Å². The lowest BCUT2D eigenvalue weighted by Crippen LogP contribution is -2.55. The fourth-order valence-corrected chi connectivity index (χ4v) is 1.48. The van der Waals surface area contributed by atoms with E-state index in [-0.39, 0.29) is 7.43 Å². The first-order valence-corrected chi connectivity index (χ1v) is 3.99. The summed E-state index contributed by atoms with van der Waals surface area (Å²) in [4.78, 5) is 2.51. The van der Waals surface area contributed by atoms with Gasteiger partial charge in [-0.25, -0.2) is 0 Å². The monoisotopic (exact) mass is 158 g/mol. The summed E-state index contributed by atoms with van der Waals surface area (Å²) in [6, 6.07) is 0.738. The molecule has 2 aliphatic heterocycles. The van der Waals surface area contributed by atoms with Gasteiger partial charge in [-0.3, -0.25) is 4.90 Å². The van der Waals surface area contributed by atoms with E-state index in [0.717, 1.165) is 32.3 Å². The second kappa shape index (κ2) is 4.04. The molecule has 2 rings (SSSR count). The number of ether oxygens (including phenoxy) is 1. The predicted octanol–water partition coefficient (Wildman–Crippen LogP) is -0.0735. The normalized spacial score (nSPS) is 27.3. The largest absolute Gasteiger partial charge is 0.378 e. The van der Waals surface area contributed by atoms with Crippen molar-refractivity contribution in [2.45, 2.75) is 13.5 Å². The van der Waals surface area contributed by atoms with E-state index in [1.54, 1.807) is 0 Å². The third-order valence-electron chi connectivity index (χ3n) is 2.29. The zero-order chi connectivity index (χ0) is 6.81. The lowest BCUT2D eigenvalue weighted by atomic mass is 10.2. The van der Waals surface area contributed by atoms with Crippen LogP contribution in [0.1, 0.15) is 7.43 Å². The lowest BCUT2D eigenvalue weighted by Gasteiger charge is -2.39. The molecule has 0 unspecified atom stereocenters. The Labute approximate surface area is 68.7 Å². The molecular formula is C8H18N2O. The van der Waals surface area contributed by atoms with Crippen LogP contribution in [0.2, 0.25) is 0 Å². The van der Waals surface area contributed by atoms with Crippen LogP contribution >= 0.6 is 0 Å². The maximum atomic E-state index is 5.13. The van der Waals surface area contributed by atoms with Crippen LogP contribution < -0.4 is 5.32 Å². The van der Waals surface area contributed by atoms with Crippen LogP contribution in [-0.4, -0.2) is 50.3 Å². The summed E-state index contributed by atoms with van der Waals surface area (Å²) in [7, 11) is 0. The van der Waals surface area contributed by atoms with Crippen LogP contribution in [-0.2, 0) is 4.74 Å². The van der Waals surface area contributed by atoms with Crippen LogP contribution in [0.4, 0.5) is 0 Å². The second-order valence-corrected chi connectivity index (χ2v) is 2.98. The van der Waals surface area contributed by atoms with Crippen LogP contribution in [0.15, 0.2) is 0 Å². The van der Waals surface area contributed by atoms with E-state index in [2.05, 4.69) is 10.2 Å². The van der Waals surface area contributed by atoms with Crippen LogP contribution in [0.25, 0.3) is 0 Å². The fraction of sp³-hybridized carbons (Fsp3) is 1.00. The maximum Gasteiger partial charge on any atom is 0.0645 e. The van der Waals surface area contributed by atoms with Gasteiger partial charge in [0, 0.05) is 26.2 Å². The summed E-state index contributed by atoms with van der Waals surface area (Å²) in [5.74, 6) is 0. The van der Waals surface area contributed by atoms with E-state index in [9.17, 15) is 0 Å². The highest BCUT2D eigenvalue weighted by Gasteiger charge is 2.26. The lowest BCUT2D eigenvalue weighted by molar-refractivity contribution is -0.0677. The molecule has 3 heteroatoms. The number of hydrogen-bond acceptors (Lipinski definition) is 3. The van der Waals surface area contributed by atoms with Crippen molar-refractivity contribution in [1.82, 2.24) is 10.2 Å². The van der Waals surface area contributed by atoms with Gasteiger partial charge in [-0.1, -0.05) is 7.43 Å². The van der Waals surface area contributed by atoms with Gasteiger partial charge in [-0.15, -0.1) is 0 Å². The van der Waals surface area contributed by atoms with Crippen molar-refractivity contribution in [1.29, 1.82) is 0 Å². The molecule has 2 heterocycles. The molecule has 0 aliphatic carbocycles. The zero-order valence-corrected chi connectivity index (χ0v) is 6.18. The Bertz CT molecular complexity index is 109. The minimum absolute atomic E-state index is 0. The molecule has 0 aromatic heterocycles. The topological polar surface area (TPSA) is 24.5 Å². The highest BCUT2D eigenvalue weighted by molar-refractivity contribution is 4.80. The Balaban J connectivity index is 0.000000605. The fourth-order valence-electron chi connectivity index (χ4n) is 1.48. The first kappa shape index (κ1) is 8.97. The van der Waals surface area contributed by atoms with Crippen molar-refractivity contribution in [3.8, 4) is 0 Å². The highest BCUT2D eigenvalue weighted by atomic mass is 16.5. The summed E-state index contributed by atoms with van der Waals surface area (Å²) >= 11 is 0. The minimum Gasteiger partial charge on any atom is -0.378 e. The molecule has 0 aromatic carbocycles. The summed E-state index contributed by atoms with van der Waals surface area (Å²) in [5, 5.41) is 3.34. The summed E-state index contributed by atoms with van der Waals surface area (Å²) < 4.78 is 5.13. The van der Waals surface area contributed by atoms with Crippen molar-refractivity contribution in [2.24, 2.45) is 0 Å². The summed E-state index contributed by atoms with van der Waals surface area (Å²) in [6.07, 6.45) is 0. The van der Waals surface area contributed by atoms with Crippen molar-refractivity contribution in [2.75, 3.05) is 39.4 Å². The number of nitrogens with zero attached hydrogens (tertiary/aromatic N) is 1. The average molecular weight is 158 g/mol. The number of hydrogen-bond donors (Lipinski definition) is 1. The van der Waals surface area contributed by atoms with E-state index in [0.29, 0.717) is 0 Å².